The molecule has 5 rings (SSSR count). The van der Waals surface area contributed by atoms with Gasteiger partial charge in [0.1, 0.15) is 12.6 Å². The summed E-state index contributed by atoms with van der Waals surface area (Å²) in [6.07, 6.45) is 10.4. The van der Waals surface area contributed by atoms with Crippen LogP contribution in [0.5, 0.6) is 0 Å². The molecular weight excluding hydrogens is 362 g/mol. The van der Waals surface area contributed by atoms with Crippen molar-refractivity contribution in [1.82, 2.24) is 15.5 Å². The van der Waals surface area contributed by atoms with Gasteiger partial charge in [-0.3, -0.25) is 14.5 Å². The number of carbonyl (C=O) groups excluding carboxylic acids is 3. The van der Waals surface area contributed by atoms with E-state index >= 15 is 0 Å². The SMILES string of the molecule is CSCCC1NC(=O)N(CC(=O)NC(C)C23CC4CC(CC(C4)C2)C3)C1=O. The van der Waals surface area contributed by atoms with Crippen LogP contribution >= 0.6 is 11.8 Å². The summed E-state index contributed by atoms with van der Waals surface area (Å²) in [5, 5.41) is 5.85. The molecule has 0 radical (unpaired) electrons. The summed E-state index contributed by atoms with van der Waals surface area (Å²) >= 11 is 1.64. The molecule has 4 amide bonds. The molecular formula is C20H31N3O3S. The Morgan fingerprint density at radius 3 is 2.37 bits per heavy atom. The second-order valence-electron chi connectivity index (χ2n) is 9.28. The molecule has 1 aliphatic heterocycles. The predicted octanol–water partition coefficient (Wildman–Crippen LogP) is 2.38. The first-order valence-corrected chi connectivity index (χ1v) is 11.7. The zero-order valence-electron chi connectivity index (χ0n) is 16.3. The maximum absolute atomic E-state index is 12.6. The Labute approximate surface area is 165 Å². The maximum atomic E-state index is 12.6. The molecule has 2 N–H and O–H groups in total. The number of imide groups is 1. The molecule has 5 fully saturated rings. The van der Waals surface area contributed by atoms with E-state index in [1.165, 1.54) is 38.5 Å². The highest BCUT2D eigenvalue weighted by molar-refractivity contribution is 7.98. The normalized spacial score (nSPS) is 38.2. The first kappa shape index (κ1) is 19.1. The number of nitrogens with one attached hydrogen (secondary N) is 2. The summed E-state index contributed by atoms with van der Waals surface area (Å²) in [5.74, 6) is 2.81. The van der Waals surface area contributed by atoms with E-state index in [0.29, 0.717) is 6.42 Å². The molecule has 0 spiro atoms. The Balaban J connectivity index is 1.34. The molecule has 4 aliphatic carbocycles. The fraction of sp³-hybridized carbons (Fsp3) is 0.850. The van der Waals surface area contributed by atoms with Crippen molar-refractivity contribution >= 4 is 29.6 Å². The van der Waals surface area contributed by atoms with Crippen LogP contribution in [0, 0.1) is 23.2 Å². The Bertz CT molecular complexity index is 603. The molecule has 2 atom stereocenters. The average Bonchev–Trinajstić information content (AvgIpc) is 2.86. The van der Waals surface area contributed by atoms with Crippen LogP contribution < -0.4 is 10.6 Å². The van der Waals surface area contributed by atoms with Crippen LogP contribution in [0.2, 0.25) is 0 Å². The molecule has 2 unspecified atom stereocenters. The molecule has 4 bridgehead atoms. The first-order chi connectivity index (χ1) is 12.9. The lowest BCUT2D eigenvalue weighted by Gasteiger charge is -2.59. The third-order valence-electron chi connectivity index (χ3n) is 7.40. The highest BCUT2D eigenvalue weighted by atomic mass is 32.2. The van der Waals surface area contributed by atoms with Crippen LogP contribution in [0.1, 0.15) is 51.9 Å². The minimum absolute atomic E-state index is 0.103. The number of carbonyl (C=O) groups is 3. The molecule has 1 heterocycles. The molecule has 5 aliphatic rings. The average molecular weight is 394 g/mol. The van der Waals surface area contributed by atoms with E-state index in [0.717, 1.165) is 28.4 Å². The summed E-state index contributed by atoms with van der Waals surface area (Å²) in [7, 11) is 0. The molecule has 0 aromatic heterocycles. The van der Waals surface area contributed by atoms with E-state index in [9.17, 15) is 14.4 Å². The van der Waals surface area contributed by atoms with Gasteiger partial charge < -0.3 is 10.6 Å². The number of thioether (sulfide) groups is 1. The minimum atomic E-state index is -0.488. The van der Waals surface area contributed by atoms with E-state index in [1.54, 1.807) is 11.8 Å². The van der Waals surface area contributed by atoms with Crippen molar-refractivity contribution < 1.29 is 14.4 Å². The van der Waals surface area contributed by atoms with E-state index in [2.05, 4.69) is 17.6 Å². The van der Waals surface area contributed by atoms with Gasteiger partial charge in [0.05, 0.1) is 0 Å². The van der Waals surface area contributed by atoms with Crippen molar-refractivity contribution in [2.45, 2.75) is 64.0 Å². The predicted molar refractivity (Wildman–Crippen MR) is 105 cm³/mol. The lowest BCUT2D eigenvalue weighted by molar-refractivity contribution is -0.134. The molecule has 4 saturated carbocycles. The molecule has 6 nitrogen and oxygen atoms in total. The van der Waals surface area contributed by atoms with E-state index in [4.69, 9.17) is 0 Å². The largest absolute Gasteiger partial charge is 0.352 e. The number of nitrogens with zero attached hydrogens (tertiary/aromatic N) is 1. The van der Waals surface area contributed by atoms with Crippen LogP contribution in [0.4, 0.5) is 4.79 Å². The third-order valence-corrected chi connectivity index (χ3v) is 8.04. The Morgan fingerprint density at radius 1 is 1.22 bits per heavy atom. The first-order valence-electron chi connectivity index (χ1n) is 10.3. The van der Waals surface area contributed by atoms with Crippen LogP contribution in [0.25, 0.3) is 0 Å². The van der Waals surface area contributed by atoms with Crippen molar-refractivity contribution in [3.8, 4) is 0 Å². The Hall–Kier alpha value is -1.24. The van der Waals surface area contributed by atoms with E-state index in [1.807, 2.05) is 6.26 Å². The van der Waals surface area contributed by atoms with Gasteiger partial charge in [-0.25, -0.2) is 4.79 Å². The van der Waals surface area contributed by atoms with E-state index in [-0.39, 0.29) is 29.8 Å². The minimum Gasteiger partial charge on any atom is -0.352 e. The van der Waals surface area contributed by atoms with Crippen molar-refractivity contribution in [1.29, 1.82) is 0 Å². The highest BCUT2D eigenvalue weighted by Crippen LogP contribution is 2.61. The molecule has 27 heavy (non-hydrogen) atoms. The highest BCUT2D eigenvalue weighted by Gasteiger charge is 2.53. The fourth-order valence-corrected chi connectivity index (χ4v) is 6.92. The third kappa shape index (κ3) is 3.59. The molecule has 150 valence electrons. The zero-order chi connectivity index (χ0) is 19.2. The van der Waals surface area contributed by atoms with Gasteiger partial charge in [-0.15, -0.1) is 0 Å². The molecule has 0 aromatic carbocycles. The van der Waals surface area contributed by atoms with Gasteiger partial charge in [-0.2, -0.15) is 11.8 Å². The summed E-state index contributed by atoms with van der Waals surface area (Å²) in [6, 6.07) is -0.825. The molecule has 1 saturated heterocycles. The van der Waals surface area contributed by atoms with Crippen LogP contribution in [-0.2, 0) is 9.59 Å². The van der Waals surface area contributed by atoms with Gasteiger partial charge in [0.15, 0.2) is 0 Å². The van der Waals surface area contributed by atoms with Crippen molar-refractivity contribution in [2.24, 2.45) is 23.2 Å². The van der Waals surface area contributed by atoms with Crippen molar-refractivity contribution in [2.75, 3.05) is 18.6 Å². The Kier molecular flexibility index (Phi) is 5.16. The van der Waals surface area contributed by atoms with Crippen LogP contribution in [0.3, 0.4) is 0 Å². The van der Waals surface area contributed by atoms with Crippen LogP contribution in [0.15, 0.2) is 0 Å². The molecule has 7 heteroatoms. The van der Waals surface area contributed by atoms with Gasteiger partial charge in [0.25, 0.3) is 5.91 Å². The van der Waals surface area contributed by atoms with Crippen molar-refractivity contribution in [3.63, 3.8) is 0 Å². The second-order valence-corrected chi connectivity index (χ2v) is 10.3. The summed E-state index contributed by atoms with van der Waals surface area (Å²) < 4.78 is 0. The lowest BCUT2D eigenvalue weighted by atomic mass is 9.48. The van der Waals surface area contributed by atoms with Gasteiger partial charge in [0.2, 0.25) is 5.91 Å². The smallest absolute Gasteiger partial charge is 0.325 e. The number of hydrogen-bond acceptors (Lipinski definition) is 4. The maximum Gasteiger partial charge on any atom is 0.325 e. The number of rotatable bonds is 7. The number of hydrogen-bond donors (Lipinski definition) is 2. The summed E-state index contributed by atoms with van der Waals surface area (Å²) in [6.45, 7) is 1.95. The van der Waals surface area contributed by atoms with Gasteiger partial charge in [-0.05, 0) is 87.0 Å². The summed E-state index contributed by atoms with van der Waals surface area (Å²) in [5.41, 5.74) is 0.225. The van der Waals surface area contributed by atoms with Crippen LogP contribution in [-0.4, -0.2) is 53.4 Å². The lowest BCUT2D eigenvalue weighted by Crippen LogP contribution is -2.57. The molecule has 0 aromatic rings. The Morgan fingerprint density at radius 2 is 1.81 bits per heavy atom. The number of amides is 4. The van der Waals surface area contributed by atoms with Gasteiger partial charge >= 0.3 is 6.03 Å². The fourth-order valence-electron chi connectivity index (χ4n) is 6.45. The van der Waals surface area contributed by atoms with Gasteiger partial charge in [0, 0.05) is 6.04 Å². The topological polar surface area (TPSA) is 78.5 Å². The standard InChI is InChI=1S/C20H31N3O3S/c1-12(20-8-13-5-14(9-20)7-15(6-13)10-20)21-17(24)11-23-18(25)16(3-4-27-2)22-19(23)26/h12-16H,3-11H2,1-2H3,(H,21,24)(H,22,26). The summed E-state index contributed by atoms with van der Waals surface area (Å²) in [4.78, 5) is 38.2. The quantitative estimate of drug-likeness (QED) is 0.651. The van der Waals surface area contributed by atoms with Gasteiger partial charge in [-0.1, -0.05) is 0 Å². The van der Waals surface area contributed by atoms with E-state index < -0.39 is 12.1 Å². The second kappa shape index (κ2) is 7.30. The number of urea groups is 1. The monoisotopic (exact) mass is 393 g/mol. The van der Waals surface area contributed by atoms with Crippen molar-refractivity contribution in [3.05, 3.63) is 0 Å². The zero-order valence-corrected chi connectivity index (χ0v) is 17.1.